The lowest BCUT2D eigenvalue weighted by Crippen LogP contribution is -2.36. The Labute approximate surface area is 360 Å². The van der Waals surface area contributed by atoms with E-state index in [1.165, 1.54) is 60.6 Å². The summed E-state index contributed by atoms with van der Waals surface area (Å²) in [5, 5.41) is 39.9. The number of allylic oxidation sites excluding steroid dienone is 2. The lowest BCUT2D eigenvalue weighted by molar-refractivity contribution is -0.292. The average molecular weight is 836 g/mol. The van der Waals surface area contributed by atoms with Crippen molar-refractivity contribution in [2.24, 2.45) is 11.8 Å². The molecule has 0 unspecified atom stereocenters. The summed E-state index contributed by atoms with van der Waals surface area (Å²) in [7, 11) is 0. The number of benzene rings is 2. The Morgan fingerprint density at radius 2 is 1.21 bits per heavy atom. The molecular formula is C48H55N10O4-. The Morgan fingerprint density at radius 1 is 0.694 bits per heavy atom. The van der Waals surface area contributed by atoms with Gasteiger partial charge in [0.25, 0.3) is 0 Å². The molecule has 14 nitrogen and oxygen atoms in total. The van der Waals surface area contributed by atoms with Crippen molar-refractivity contribution in [3.05, 3.63) is 76.5 Å². The number of rotatable bonds is 11. The van der Waals surface area contributed by atoms with Crippen molar-refractivity contribution in [2.75, 3.05) is 10.6 Å². The maximum absolute atomic E-state index is 14.5. The van der Waals surface area contributed by atoms with Crippen LogP contribution in [0.5, 0.6) is 0 Å². The minimum absolute atomic E-state index is 0.00625. The van der Waals surface area contributed by atoms with Gasteiger partial charge in [-0.1, -0.05) is 98.7 Å². The highest BCUT2D eigenvalue weighted by Crippen LogP contribution is 2.42. The highest BCUT2D eigenvalue weighted by atomic mass is 16.3. The Bertz CT molecular complexity index is 2780. The summed E-state index contributed by atoms with van der Waals surface area (Å²) in [5.41, 5.74) is 4.09. The molecule has 2 aromatic carbocycles. The fourth-order valence-corrected chi connectivity index (χ4v) is 9.35. The third-order valence-corrected chi connectivity index (χ3v) is 12.8. The number of aromatic nitrogens is 8. The van der Waals surface area contributed by atoms with Crippen LogP contribution in [0.4, 0.5) is 11.4 Å². The third kappa shape index (κ3) is 7.91. The molecule has 3 aliphatic carbocycles. The Morgan fingerprint density at radius 3 is 1.73 bits per heavy atom. The normalized spacial score (nSPS) is 17.5. The van der Waals surface area contributed by atoms with E-state index in [0.29, 0.717) is 86.7 Å². The highest BCUT2D eigenvalue weighted by molar-refractivity contribution is 6.52. The van der Waals surface area contributed by atoms with E-state index in [-0.39, 0.29) is 23.0 Å². The second-order valence-corrected chi connectivity index (χ2v) is 19.5. The predicted octanol–water partition coefficient (Wildman–Crippen LogP) is 7.47. The Hall–Kier alpha value is -6.18. The minimum atomic E-state index is -0.549. The van der Waals surface area contributed by atoms with Crippen LogP contribution in [0.1, 0.15) is 136 Å². The molecule has 0 radical (unpaired) electrons. The molecule has 322 valence electrons. The van der Waals surface area contributed by atoms with E-state index in [9.17, 15) is 19.5 Å². The van der Waals surface area contributed by atoms with Crippen LogP contribution in [0.3, 0.4) is 0 Å². The van der Waals surface area contributed by atoms with Gasteiger partial charge in [0.15, 0.2) is 28.7 Å². The van der Waals surface area contributed by atoms with Crippen molar-refractivity contribution in [1.29, 1.82) is 0 Å². The van der Waals surface area contributed by atoms with Gasteiger partial charge in [-0.05, 0) is 73.2 Å². The highest BCUT2D eigenvalue weighted by Gasteiger charge is 2.39. The van der Waals surface area contributed by atoms with E-state index in [2.05, 4.69) is 20.7 Å². The molecule has 3 aliphatic rings. The third-order valence-electron chi connectivity index (χ3n) is 12.8. The predicted molar refractivity (Wildman–Crippen MR) is 237 cm³/mol. The summed E-state index contributed by atoms with van der Waals surface area (Å²) < 4.78 is 2.86. The molecule has 9 rings (SSSR count). The van der Waals surface area contributed by atoms with Gasteiger partial charge in [0.05, 0.1) is 22.2 Å². The van der Waals surface area contributed by atoms with E-state index in [1.54, 1.807) is 0 Å². The fourth-order valence-electron chi connectivity index (χ4n) is 9.35. The number of carbonyl (C=O) groups is 3. The number of Topliss-reactive ketones (excluding diaryl/α,β-unsaturated/α-hetero) is 1. The van der Waals surface area contributed by atoms with Gasteiger partial charge in [0, 0.05) is 57.3 Å². The molecule has 2 fully saturated rings. The molecule has 62 heavy (non-hydrogen) atoms. The zero-order valence-corrected chi connectivity index (χ0v) is 36.5. The van der Waals surface area contributed by atoms with Crippen LogP contribution in [0.25, 0.3) is 45.2 Å². The second-order valence-electron chi connectivity index (χ2n) is 19.5. The molecule has 2 amide bonds. The van der Waals surface area contributed by atoms with Crippen LogP contribution in [0, 0.1) is 11.8 Å². The van der Waals surface area contributed by atoms with E-state index in [1.807, 2.05) is 90.1 Å². The number of H-pyrrole nitrogens is 1. The standard InChI is InChI=1S/C48H56N10O4/c1-47(2,3)41-37(45-51-43(55-57(45)53-41)29-17-21-31(22-18-29)49-33(59)25-15-27-11-7-8-12-27)35-39(61)36(40(35)62)38-42(48(4,5)6)54-58-46(38)52-44(56-58)30-19-23-32(24-20-30)50-34(60)26-16-28-13-9-10-14-28/h17-24,27-28,61H,7-16,25-26H2,1-6H3,(H,49,59)(H,50,60)(H,51,55)/p-1/b38-36+. The lowest BCUT2D eigenvalue weighted by Gasteiger charge is -2.32. The molecule has 0 aliphatic heterocycles. The van der Waals surface area contributed by atoms with Crippen LogP contribution >= 0.6 is 0 Å². The molecule has 3 N–H and O–H groups in total. The number of amides is 2. The first kappa shape index (κ1) is 41.2. The maximum Gasteiger partial charge on any atom is 0.224 e. The molecule has 0 atom stereocenters. The summed E-state index contributed by atoms with van der Waals surface area (Å²) in [6.07, 6.45) is 12.8. The van der Waals surface area contributed by atoms with Crippen molar-refractivity contribution in [1.82, 2.24) is 39.6 Å². The molecule has 14 heteroatoms. The first-order valence-electron chi connectivity index (χ1n) is 22.2. The lowest BCUT2D eigenvalue weighted by atomic mass is 9.77. The van der Waals surface area contributed by atoms with Gasteiger partial charge >= 0.3 is 0 Å². The fraction of sp³-hybridized carbons (Fsp3) is 0.458. The summed E-state index contributed by atoms with van der Waals surface area (Å²) in [6, 6.07) is 14.8. The second kappa shape index (κ2) is 15.9. The number of hydrogen-bond donors (Lipinski definition) is 3. The van der Waals surface area contributed by atoms with Crippen molar-refractivity contribution in [3.8, 4) is 22.8 Å². The molecular weight excluding hydrogens is 781 g/mol. The molecule has 4 heterocycles. The summed E-state index contributed by atoms with van der Waals surface area (Å²) in [5.74, 6) is 1.36. The van der Waals surface area contributed by atoms with E-state index in [0.717, 1.165) is 18.4 Å². The number of nitrogens with zero attached hydrogens (tertiary/aromatic N) is 7. The molecule has 4 aromatic heterocycles. The number of anilines is 2. The Kier molecular flexibility index (Phi) is 10.6. The molecule has 0 saturated heterocycles. The molecule has 0 bridgehead atoms. The maximum atomic E-state index is 14.5. The summed E-state index contributed by atoms with van der Waals surface area (Å²) >= 11 is 0. The number of ketones is 1. The largest absolute Gasteiger partial charge is 0.871 e. The van der Waals surface area contributed by atoms with E-state index < -0.39 is 22.4 Å². The van der Waals surface area contributed by atoms with Crippen molar-refractivity contribution in [3.63, 3.8) is 0 Å². The number of aromatic amines is 1. The zero-order chi connectivity index (χ0) is 43.5. The van der Waals surface area contributed by atoms with E-state index in [4.69, 9.17) is 20.3 Å². The van der Waals surface area contributed by atoms with Gasteiger partial charge < -0.3 is 20.7 Å². The number of fused-ring (bicyclic) bond motifs is 2. The molecule has 6 aromatic rings. The van der Waals surface area contributed by atoms with Gasteiger partial charge in [-0.3, -0.25) is 14.4 Å². The van der Waals surface area contributed by atoms with Gasteiger partial charge in [-0.25, -0.2) is 4.98 Å². The van der Waals surface area contributed by atoms with Crippen molar-refractivity contribution < 1.29 is 19.5 Å². The average Bonchev–Trinajstić information content (AvgIpc) is 4.08. The van der Waals surface area contributed by atoms with Gasteiger partial charge in [-0.2, -0.15) is 10.2 Å². The number of carbonyl (C=O) groups excluding carboxylic acids is 3. The Balaban J connectivity index is 1.02. The first-order valence-corrected chi connectivity index (χ1v) is 22.2. The minimum Gasteiger partial charge on any atom is -0.871 e. The number of hydrogen-bond acceptors (Lipinski definition) is 9. The van der Waals surface area contributed by atoms with Gasteiger partial charge in [0.2, 0.25) is 11.8 Å². The SMILES string of the molecule is CC(C)(C)c1nn2nc(-c3ccc(NC(=O)CCC4CCCC4)cc3)[nH]c2c1C1=C([O-])/C(=c2/c(C(C)(C)C)nn3nc(-c4ccc(NC(=O)CCC5CCCC5)cc4)nc23)C1=O. The van der Waals surface area contributed by atoms with Crippen LogP contribution in [-0.4, -0.2) is 57.2 Å². The zero-order valence-electron chi connectivity index (χ0n) is 36.5. The number of nitrogens with one attached hydrogen (secondary N) is 3. The topological polar surface area (TPSA) is 187 Å². The van der Waals surface area contributed by atoms with Crippen LogP contribution in [0.15, 0.2) is 54.3 Å². The van der Waals surface area contributed by atoms with Gasteiger partial charge in [0.1, 0.15) is 0 Å². The summed E-state index contributed by atoms with van der Waals surface area (Å²) in [6.45, 7) is 11.9. The van der Waals surface area contributed by atoms with Gasteiger partial charge in [-0.15, -0.1) is 19.5 Å². The van der Waals surface area contributed by atoms with E-state index >= 15 is 0 Å². The summed E-state index contributed by atoms with van der Waals surface area (Å²) in [4.78, 5) is 48.0. The van der Waals surface area contributed by atoms with Crippen LogP contribution in [-0.2, 0) is 25.2 Å². The first-order chi connectivity index (χ1) is 29.6. The van der Waals surface area contributed by atoms with Crippen LogP contribution < -0.4 is 21.0 Å². The quantitative estimate of drug-likeness (QED) is 0.119. The molecule has 2 saturated carbocycles. The monoisotopic (exact) mass is 835 g/mol. The molecule has 0 spiro atoms. The van der Waals surface area contributed by atoms with Crippen molar-refractivity contribution >= 4 is 51.4 Å². The van der Waals surface area contributed by atoms with Crippen molar-refractivity contribution in [2.45, 2.75) is 129 Å². The van der Waals surface area contributed by atoms with Crippen LogP contribution in [0.2, 0.25) is 0 Å². The smallest absolute Gasteiger partial charge is 0.224 e.